The number of hydrogen-bond donors (Lipinski definition) is 0. The number of aryl methyl sites for hydroxylation is 2. The minimum absolute atomic E-state index is 0.122. The van der Waals surface area contributed by atoms with Gasteiger partial charge in [0.1, 0.15) is 0 Å². The number of aromatic nitrogens is 2. The third-order valence-corrected chi connectivity index (χ3v) is 4.80. The van der Waals surface area contributed by atoms with Crippen LogP contribution in [0.3, 0.4) is 0 Å². The lowest BCUT2D eigenvalue weighted by Crippen LogP contribution is -2.40. The Morgan fingerprint density at radius 2 is 1.73 bits per heavy atom. The number of rotatable bonds is 4. The van der Waals surface area contributed by atoms with Crippen molar-refractivity contribution in [2.45, 2.75) is 20.4 Å². The molecule has 0 aliphatic heterocycles. The van der Waals surface area contributed by atoms with Gasteiger partial charge in [-0.2, -0.15) is 4.57 Å². The molecule has 0 radical (unpaired) electrons. The van der Waals surface area contributed by atoms with Crippen LogP contribution >= 0.6 is 0 Å². The molecule has 0 aliphatic carbocycles. The Balaban J connectivity index is 1.62. The number of para-hydroxylation sites is 1. The Labute approximate surface area is 153 Å². The molecule has 2 aromatic carbocycles. The summed E-state index contributed by atoms with van der Waals surface area (Å²) in [5, 5.41) is 1.22. The summed E-state index contributed by atoms with van der Waals surface area (Å²) < 4.78 is 4.17. The Bertz CT molecular complexity index is 1090. The Kier molecular flexibility index (Phi) is 4.13. The molecule has 4 aromatic rings. The number of carbonyl (C=O) groups is 1. The number of nitrogens with zero attached hydrogens (tertiary/aromatic N) is 2. The number of ketones is 1. The maximum Gasteiger partial charge on any atom is 0.227 e. The van der Waals surface area contributed by atoms with E-state index in [-0.39, 0.29) is 5.78 Å². The molecule has 0 unspecified atom stereocenters. The van der Waals surface area contributed by atoms with Crippen LogP contribution in [0.4, 0.5) is 0 Å². The zero-order valence-corrected chi connectivity index (χ0v) is 15.0. The van der Waals surface area contributed by atoms with Gasteiger partial charge in [-0.1, -0.05) is 48.0 Å². The van der Waals surface area contributed by atoms with Gasteiger partial charge in [0.2, 0.25) is 12.3 Å². The third kappa shape index (κ3) is 3.04. The van der Waals surface area contributed by atoms with Crippen molar-refractivity contribution >= 4 is 16.7 Å². The van der Waals surface area contributed by atoms with Crippen LogP contribution in [0.2, 0.25) is 0 Å². The van der Waals surface area contributed by atoms with Crippen LogP contribution in [-0.2, 0) is 6.54 Å². The number of pyridine rings is 1. The Morgan fingerprint density at radius 1 is 0.962 bits per heavy atom. The van der Waals surface area contributed by atoms with Crippen LogP contribution in [-0.4, -0.2) is 10.4 Å². The molecule has 128 valence electrons. The summed E-state index contributed by atoms with van der Waals surface area (Å²) in [6.07, 6.45) is 4.08. The fourth-order valence-electron chi connectivity index (χ4n) is 3.25. The topological polar surface area (TPSA) is 25.9 Å². The van der Waals surface area contributed by atoms with E-state index < -0.39 is 0 Å². The first kappa shape index (κ1) is 16.3. The summed E-state index contributed by atoms with van der Waals surface area (Å²) in [5.41, 5.74) is 5.25. The van der Waals surface area contributed by atoms with E-state index in [1.165, 1.54) is 10.9 Å². The van der Waals surface area contributed by atoms with Crippen LogP contribution in [0, 0.1) is 13.8 Å². The maximum atomic E-state index is 12.5. The summed E-state index contributed by atoms with van der Waals surface area (Å²) in [5.74, 6) is 0.122. The highest BCUT2D eigenvalue weighted by Crippen LogP contribution is 2.20. The molecular formula is C23H21N2O+. The highest BCUT2D eigenvalue weighted by molar-refractivity contribution is 5.95. The van der Waals surface area contributed by atoms with Crippen LogP contribution in [0.5, 0.6) is 0 Å². The molecule has 26 heavy (non-hydrogen) atoms. The average Bonchev–Trinajstić information content (AvgIpc) is 3.08. The Hall–Kier alpha value is -3.20. The van der Waals surface area contributed by atoms with Gasteiger partial charge in [0.25, 0.3) is 0 Å². The minimum Gasteiger partial charge on any atom is -0.316 e. The lowest BCUT2D eigenvalue weighted by molar-refractivity contribution is -0.689. The van der Waals surface area contributed by atoms with Crippen molar-refractivity contribution in [3.63, 3.8) is 0 Å². The van der Waals surface area contributed by atoms with Gasteiger partial charge < -0.3 is 4.57 Å². The first-order chi connectivity index (χ1) is 12.6. The molecule has 0 fully saturated rings. The molecule has 0 saturated heterocycles. The van der Waals surface area contributed by atoms with Gasteiger partial charge in [-0.25, -0.2) is 0 Å². The number of carbonyl (C=O) groups excluding carboxylic acids is 1. The fraction of sp³-hybridized carbons (Fsp3) is 0.130. The molecule has 0 aliphatic rings. The lowest BCUT2D eigenvalue weighted by atomic mass is 10.1. The monoisotopic (exact) mass is 341 g/mol. The van der Waals surface area contributed by atoms with E-state index in [0.717, 1.165) is 22.5 Å². The van der Waals surface area contributed by atoms with Crippen molar-refractivity contribution in [2.75, 3.05) is 0 Å². The molecule has 2 aromatic heterocycles. The molecule has 2 heterocycles. The van der Waals surface area contributed by atoms with Gasteiger partial charge in [0, 0.05) is 30.8 Å². The highest BCUT2D eigenvalue weighted by atomic mass is 16.1. The van der Waals surface area contributed by atoms with E-state index in [0.29, 0.717) is 6.54 Å². The molecule has 0 atom stereocenters. The zero-order chi connectivity index (χ0) is 18.1. The Morgan fingerprint density at radius 3 is 2.50 bits per heavy atom. The second kappa shape index (κ2) is 6.60. The van der Waals surface area contributed by atoms with E-state index in [1.807, 2.05) is 54.9 Å². The van der Waals surface area contributed by atoms with Crippen molar-refractivity contribution in [3.05, 3.63) is 95.9 Å². The van der Waals surface area contributed by atoms with E-state index in [4.69, 9.17) is 0 Å². The van der Waals surface area contributed by atoms with E-state index >= 15 is 0 Å². The minimum atomic E-state index is 0.122. The molecule has 4 rings (SSSR count). The molecular weight excluding hydrogens is 320 g/mol. The standard InChI is InChI=1S/C23H21N2O/c1-17-7-9-20(10-8-17)23(26)16-24-13-12-21(15-18(24)2)25-14-11-19-5-3-4-6-22(19)25/h3-15H,16H2,1-2H3/q+1. The third-order valence-electron chi connectivity index (χ3n) is 4.80. The van der Waals surface area contributed by atoms with E-state index in [2.05, 4.69) is 47.2 Å². The van der Waals surface area contributed by atoms with Crippen molar-refractivity contribution < 1.29 is 9.36 Å². The normalized spacial score (nSPS) is 11.0. The number of benzene rings is 2. The summed E-state index contributed by atoms with van der Waals surface area (Å²) in [6.45, 7) is 4.41. The molecule has 0 spiro atoms. The predicted molar refractivity (Wildman–Crippen MR) is 104 cm³/mol. The fourth-order valence-corrected chi connectivity index (χ4v) is 3.25. The van der Waals surface area contributed by atoms with Crippen molar-refractivity contribution in [2.24, 2.45) is 0 Å². The van der Waals surface area contributed by atoms with Gasteiger partial charge >= 0.3 is 0 Å². The molecule has 0 amide bonds. The first-order valence-corrected chi connectivity index (χ1v) is 8.78. The summed E-state index contributed by atoms with van der Waals surface area (Å²) in [6, 6.07) is 22.4. The van der Waals surface area contributed by atoms with Gasteiger partial charge in [-0.15, -0.1) is 0 Å². The SMILES string of the molecule is Cc1ccc(C(=O)C[n+]2ccc(-n3ccc4ccccc43)cc2C)cc1. The van der Waals surface area contributed by atoms with Gasteiger partial charge in [0.15, 0.2) is 11.9 Å². The zero-order valence-electron chi connectivity index (χ0n) is 15.0. The summed E-state index contributed by atoms with van der Waals surface area (Å²) >= 11 is 0. The molecule has 0 bridgehead atoms. The second-order valence-corrected chi connectivity index (χ2v) is 6.69. The van der Waals surface area contributed by atoms with E-state index in [1.54, 1.807) is 0 Å². The maximum absolute atomic E-state index is 12.5. The summed E-state index contributed by atoms with van der Waals surface area (Å²) in [7, 11) is 0. The van der Waals surface area contributed by atoms with Crippen molar-refractivity contribution in [3.8, 4) is 5.69 Å². The molecule has 0 saturated carbocycles. The molecule has 0 N–H and O–H groups in total. The van der Waals surface area contributed by atoms with Gasteiger partial charge in [0.05, 0.1) is 11.2 Å². The smallest absolute Gasteiger partial charge is 0.227 e. The summed E-state index contributed by atoms with van der Waals surface area (Å²) in [4.78, 5) is 12.5. The van der Waals surface area contributed by atoms with Crippen LogP contribution in [0.1, 0.15) is 21.6 Å². The number of Topliss-reactive ketones (excluding diaryl/α,β-unsaturated/α-hetero) is 1. The molecule has 3 nitrogen and oxygen atoms in total. The van der Waals surface area contributed by atoms with Crippen molar-refractivity contribution in [1.29, 1.82) is 0 Å². The largest absolute Gasteiger partial charge is 0.316 e. The van der Waals surface area contributed by atoms with E-state index in [9.17, 15) is 4.79 Å². The van der Waals surface area contributed by atoms with Crippen molar-refractivity contribution in [1.82, 2.24) is 4.57 Å². The van der Waals surface area contributed by atoms with Crippen LogP contribution in [0.15, 0.2) is 79.1 Å². The van der Waals surface area contributed by atoms with Crippen LogP contribution < -0.4 is 4.57 Å². The average molecular weight is 341 g/mol. The van der Waals surface area contributed by atoms with Gasteiger partial charge in [-0.3, -0.25) is 4.79 Å². The predicted octanol–water partition coefficient (Wildman–Crippen LogP) is 4.42. The van der Waals surface area contributed by atoms with Gasteiger partial charge in [-0.05, 0) is 24.4 Å². The highest BCUT2D eigenvalue weighted by Gasteiger charge is 2.15. The number of hydrogen-bond acceptors (Lipinski definition) is 1. The second-order valence-electron chi connectivity index (χ2n) is 6.69. The molecule has 3 heteroatoms. The lowest BCUT2D eigenvalue weighted by Gasteiger charge is -2.07. The quantitative estimate of drug-likeness (QED) is 0.399. The first-order valence-electron chi connectivity index (χ1n) is 8.78. The number of fused-ring (bicyclic) bond motifs is 1. The van der Waals surface area contributed by atoms with Crippen LogP contribution in [0.25, 0.3) is 16.6 Å².